The lowest BCUT2D eigenvalue weighted by Crippen LogP contribution is -1.97. The Bertz CT molecular complexity index is 897. The zero-order valence-electron chi connectivity index (χ0n) is 11.2. The molecule has 2 aromatic heterocycles. The molecule has 0 aliphatic rings. The lowest BCUT2D eigenvalue weighted by molar-refractivity contribution is 1.05. The van der Waals surface area contributed by atoms with Crippen LogP contribution in [0.4, 0.5) is 0 Å². The number of benzene rings is 2. The third-order valence-corrected chi connectivity index (χ3v) is 3.41. The van der Waals surface area contributed by atoms with Crippen LogP contribution >= 0.6 is 0 Å². The largest absolute Gasteiger partial charge is 0.280 e. The summed E-state index contributed by atoms with van der Waals surface area (Å²) in [6.45, 7) is 0. The van der Waals surface area contributed by atoms with Crippen molar-refractivity contribution < 1.29 is 0 Å². The van der Waals surface area contributed by atoms with Gasteiger partial charge in [-0.15, -0.1) is 10.2 Å². The SMILES string of the molecule is c1ccc(-n2cnnc2-c2ccc3ccccc3n2)cc1. The lowest BCUT2D eigenvalue weighted by atomic mass is 10.2. The molecule has 0 spiro atoms. The molecule has 0 aliphatic carbocycles. The molecule has 0 atom stereocenters. The van der Waals surface area contributed by atoms with Crippen LogP contribution in [0.15, 0.2) is 73.1 Å². The predicted molar refractivity (Wildman–Crippen MR) is 82.1 cm³/mol. The summed E-state index contributed by atoms with van der Waals surface area (Å²) in [6, 6.07) is 22.1. The highest BCUT2D eigenvalue weighted by Gasteiger charge is 2.10. The van der Waals surface area contributed by atoms with E-state index in [9.17, 15) is 0 Å². The normalized spacial score (nSPS) is 10.9. The van der Waals surface area contributed by atoms with Gasteiger partial charge in [-0.25, -0.2) is 4.98 Å². The smallest absolute Gasteiger partial charge is 0.187 e. The lowest BCUT2D eigenvalue weighted by Gasteiger charge is -2.06. The summed E-state index contributed by atoms with van der Waals surface area (Å²) >= 11 is 0. The van der Waals surface area contributed by atoms with Crippen LogP contribution in [0.2, 0.25) is 0 Å². The first kappa shape index (κ1) is 11.8. The number of hydrogen-bond donors (Lipinski definition) is 0. The molecule has 4 aromatic rings. The maximum atomic E-state index is 4.68. The average molecular weight is 272 g/mol. The van der Waals surface area contributed by atoms with Crippen LogP contribution in [0.5, 0.6) is 0 Å². The molecule has 0 radical (unpaired) electrons. The standard InChI is InChI=1S/C17H12N4/c1-2-7-14(8-3-1)21-12-18-20-17(21)16-11-10-13-6-4-5-9-15(13)19-16/h1-12H. The van der Waals surface area contributed by atoms with Crippen molar-refractivity contribution in [3.05, 3.63) is 73.1 Å². The van der Waals surface area contributed by atoms with E-state index in [1.54, 1.807) is 6.33 Å². The Morgan fingerprint density at radius 1 is 0.762 bits per heavy atom. The van der Waals surface area contributed by atoms with E-state index in [0.717, 1.165) is 28.1 Å². The minimum atomic E-state index is 0.743. The monoisotopic (exact) mass is 272 g/mol. The molecule has 0 N–H and O–H groups in total. The van der Waals surface area contributed by atoms with E-state index in [0.29, 0.717) is 0 Å². The number of nitrogens with zero attached hydrogens (tertiary/aromatic N) is 4. The molecular formula is C17H12N4. The average Bonchev–Trinajstić information content (AvgIpc) is 3.05. The van der Waals surface area contributed by atoms with Crippen molar-refractivity contribution in [2.45, 2.75) is 0 Å². The number of aromatic nitrogens is 4. The molecule has 4 nitrogen and oxygen atoms in total. The highest BCUT2D eigenvalue weighted by atomic mass is 15.3. The van der Waals surface area contributed by atoms with Crippen LogP contribution in [0.1, 0.15) is 0 Å². The van der Waals surface area contributed by atoms with Gasteiger partial charge >= 0.3 is 0 Å². The van der Waals surface area contributed by atoms with Crippen LogP contribution < -0.4 is 0 Å². The fourth-order valence-corrected chi connectivity index (χ4v) is 2.38. The van der Waals surface area contributed by atoms with Crippen LogP contribution in [-0.2, 0) is 0 Å². The molecule has 0 amide bonds. The fraction of sp³-hybridized carbons (Fsp3) is 0. The highest BCUT2D eigenvalue weighted by Crippen LogP contribution is 2.21. The quantitative estimate of drug-likeness (QED) is 0.561. The van der Waals surface area contributed by atoms with Crippen molar-refractivity contribution in [1.82, 2.24) is 19.7 Å². The van der Waals surface area contributed by atoms with Crippen molar-refractivity contribution in [1.29, 1.82) is 0 Å². The second-order valence-corrected chi connectivity index (χ2v) is 4.75. The summed E-state index contributed by atoms with van der Waals surface area (Å²) in [4.78, 5) is 4.68. The van der Waals surface area contributed by atoms with Gasteiger partial charge in [0, 0.05) is 11.1 Å². The van der Waals surface area contributed by atoms with Gasteiger partial charge in [-0.3, -0.25) is 4.57 Å². The molecule has 100 valence electrons. The second-order valence-electron chi connectivity index (χ2n) is 4.75. The Morgan fingerprint density at radius 2 is 1.57 bits per heavy atom. The number of para-hydroxylation sites is 2. The summed E-state index contributed by atoms with van der Waals surface area (Å²) < 4.78 is 1.94. The highest BCUT2D eigenvalue weighted by molar-refractivity contribution is 5.80. The summed E-state index contributed by atoms with van der Waals surface area (Å²) in [6.07, 6.45) is 1.71. The van der Waals surface area contributed by atoms with E-state index < -0.39 is 0 Å². The van der Waals surface area contributed by atoms with E-state index in [1.165, 1.54) is 0 Å². The van der Waals surface area contributed by atoms with Crippen molar-refractivity contribution in [2.24, 2.45) is 0 Å². The Balaban J connectivity index is 1.88. The third kappa shape index (κ3) is 2.07. The molecule has 21 heavy (non-hydrogen) atoms. The van der Waals surface area contributed by atoms with Gasteiger partial charge in [0.25, 0.3) is 0 Å². The van der Waals surface area contributed by atoms with Gasteiger partial charge < -0.3 is 0 Å². The van der Waals surface area contributed by atoms with E-state index in [4.69, 9.17) is 0 Å². The van der Waals surface area contributed by atoms with Crippen LogP contribution in [0.3, 0.4) is 0 Å². The molecule has 0 fully saturated rings. The van der Waals surface area contributed by atoms with Gasteiger partial charge in [0.15, 0.2) is 5.82 Å². The first-order valence-corrected chi connectivity index (χ1v) is 6.73. The number of fused-ring (bicyclic) bond motifs is 1. The third-order valence-electron chi connectivity index (χ3n) is 3.41. The molecular weight excluding hydrogens is 260 g/mol. The van der Waals surface area contributed by atoms with Crippen LogP contribution in [-0.4, -0.2) is 19.7 Å². The van der Waals surface area contributed by atoms with Crippen LogP contribution in [0.25, 0.3) is 28.1 Å². The van der Waals surface area contributed by atoms with Crippen LogP contribution in [0, 0.1) is 0 Å². The van der Waals surface area contributed by atoms with Crippen molar-refractivity contribution in [3.8, 4) is 17.2 Å². The van der Waals surface area contributed by atoms with Crippen molar-refractivity contribution in [2.75, 3.05) is 0 Å². The minimum absolute atomic E-state index is 0.743. The maximum Gasteiger partial charge on any atom is 0.187 e. The Labute approximate surface area is 121 Å². The minimum Gasteiger partial charge on any atom is -0.280 e. The van der Waals surface area contributed by atoms with Gasteiger partial charge in [-0.2, -0.15) is 0 Å². The van der Waals surface area contributed by atoms with E-state index in [1.807, 2.05) is 65.2 Å². The first-order chi connectivity index (χ1) is 10.4. The first-order valence-electron chi connectivity index (χ1n) is 6.73. The predicted octanol–water partition coefficient (Wildman–Crippen LogP) is 3.48. The Kier molecular flexibility index (Phi) is 2.71. The summed E-state index contributed by atoms with van der Waals surface area (Å²) in [5.74, 6) is 0.743. The van der Waals surface area contributed by atoms with Gasteiger partial charge in [0.1, 0.15) is 12.0 Å². The zero-order chi connectivity index (χ0) is 14.1. The van der Waals surface area contributed by atoms with Gasteiger partial charge in [0.05, 0.1) is 5.52 Å². The van der Waals surface area contributed by atoms with E-state index >= 15 is 0 Å². The maximum absolute atomic E-state index is 4.68. The number of pyridine rings is 1. The Hall–Kier alpha value is -3.01. The molecule has 2 heterocycles. The van der Waals surface area contributed by atoms with Crippen molar-refractivity contribution >= 4 is 10.9 Å². The van der Waals surface area contributed by atoms with E-state index in [-0.39, 0.29) is 0 Å². The summed E-state index contributed by atoms with van der Waals surface area (Å²) in [5, 5.41) is 9.37. The van der Waals surface area contributed by atoms with Gasteiger partial charge in [-0.05, 0) is 24.3 Å². The molecule has 0 saturated heterocycles. The van der Waals surface area contributed by atoms with Gasteiger partial charge in [0.2, 0.25) is 0 Å². The summed E-state index contributed by atoms with van der Waals surface area (Å²) in [7, 11) is 0. The molecule has 0 saturated carbocycles. The molecule has 2 aromatic carbocycles. The Morgan fingerprint density at radius 3 is 2.48 bits per heavy atom. The molecule has 0 bridgehead atoms. The molecule has 4 rings (SSSR count). The topological polar surface area (TPSA) is 43.6 Å². The molecule has 4 heteroatoms. The number of rotatable bonds is 2. The number of hydrogen-bond acceptors (Lipinski definition) is 3. The zero-order valence-corrected chi connectivity index (χ0v) is 11.2. The molecule has 0 unspecified atom stereocenters. The molecule has 0 aliphatic heterocycles. The summed E-state index contributed by atoms with van der Waals surface area (Å²) in [5.41, 5.74) is 2.79. The van der Waals surface area contributed by atoms with E-state index in [2.05, 4.69) is 21.2 Å². The van der Waals surface area contributed by atoms with Gasteiger partial charge in [-0.1, -0.05) is 42.5 Å². The fourth-order valence-electron chi connectivity index (χ4n) is 2.38. The second kappa shape index (κ2) is 4.83. The van der Waals surface area contributed by atoms with Crippen molar-refractivity contribution in [3.63, 3.8) is 0 Å².